The van der Waals surface area contributed by atoms with Gasteiger partial charge in [-0.1, -0.05) is 6.07 Å². The molecule has 0 amide bonds. The lowest BCUT2D eigenvalue weighted by molar-refractivity contribution is -0.384. The van der Waals surface area contributed by atoms with Gasteiger partial charge in [-0.15, -0.1) is 0 Å². The molecule has 1 aromatic heterocycles. The van der Waals surface area contributed by atoms with Gasteiger partial charge < -0.3 is 9.47 Å². The Bertz CT molecular complexity index is 976. The molecule has 0 radical (unpaired) electrons. The molecule has 2 aromatic carbocycles. The van der Waals surface area contributed by atoms with Gasteiger partial charge in [0.1, 0.15) is 12.4 Å². The average Bonchev–Trinajstić information content (AvgIpc) is 2.74. The molecule has 148 valence electrons. The van der Waals surface area contributed by atoms with Gasteiger partial charge in [0.25, 0.3) is 5.69 Å². The first-order chi connectivity index (χ1) is 14.2. The third kappa shape index (κ3) is 5.77. The maximum atomic E-state index is 10.7. The van der Waals surface area contributed by atoms with Crippen LogP contribution in [0, 0.1) is 10.1 Å². The standard InChI is InChI=1S/C21H20N4O4/c1-2-28-20-13-17(14-23-24-21-5-3-4-12-22-21)8-11-19(20)29-15-16-6-9-18(10-7-16)25(26)27/h3-14H,2,15H2,1H3,(H,22,24)/b23-14+. The number of hydrazone groups is 1. The number of nitro groups is 1. The quantitative estimate of drug-likeness (QED) is 0.329. The molecule has 29 heavy (non-hydrogen) atoms. The highest BCUT2D eigenvalue weighted by atomic mass is 16.6. The number of hydrogen-bond acceptors (Lipinski definition) is 7. The zero-order valence-corrected chi connectivity index (χ0v) is 15.8. The van der Waals surface area contributed by atoms with E-state index >= 15 is 0 Å². The van der Waals surface area contributed by atoms with Gasteiger partial charge >= 0.3 is 0 Å². The molecule has 8 heteroatoms. The zero-order valence-electron chi connectivity index (χ0n) is 15.8. The van der Waals surface area contributed by atoms with Gasteiger partial charge in [-0.2, -0.15) is 5.10 Å². The van der Waals surface area contributed by atoms with Crippen molar-refractivity contribution in [3.05, 3.63) is 88.1 Å². The molecular formula is C21H20N4O4. The van der Waals surface area contributed by atoms with E-state index in [1.807, 2.05) is 37.3 Å². The maximum Gasteiger partial charge on any atom is 0.269 e. The van der Waals surface area contributed by atoms with E-state index in [1.54, 1.807) is 30.6 Å². The van der Waals surface area contributed by atoms with E-state index in [4.69, 9.17) is 9.47 Å². The summed E-state index contributed by atoms with van der Waals surface area (Å²) in [5.41, 5.74) is 4.56. The van der Waals surface area contributed by atoms with Crippen LogP contribution in [0.5, 0.6) is 11.5 Å². The molecule has 0 bridgehead atoms. The summed E-state index contributed by atoms with van der Waals surface area (Å²) >= 11 is 0. The van der Waals surface area contributed by atoms with E-state index in [2.05, 4.69) is 15.5 Å². The van der Waals surface area contributed by atoms with Crippen molar-refractivity contribution in [1.82, 2.24) is 4.98 Å². The Morgan fingerprint density at radius 1 is 1.10 bits per heavy atom. The number of anilines is 1. The topological polar surface area (TPSA) is 98.9 Å². The molecule has 1 N–H and O–H groups in total. The summed E-state index contributed by atoms with van der Waals surface area (Å²) < 4.78 is 11.5. The van der Waals surface area contributed by atoms with Crippen LogP contribution < -0.4 is 14.9 Å². The molecule has 0 aliphatic rings. The highest BCUT2D eigenvalue weighted by Gasteiger charge is 2.08. The monoisotopic (exact) mass is 392 g/mol. The molecule has 0 aliphatic heterocycles. The van der Waals surface area contributed by atoms with Gasteiger partial charge in [0.05, 0.1) is 17.7 Å². The van der Waals surface area contributed by atoms with E-state index in [0.717, 1.165) is 11.1 Å². The summed E-state index contributed by atoms with van der Waals surface area (Å²) in [6, 6.07) is 17.3. The van der Waals surface area contributed by atoms with Crippen LogP contribution in [0.25, 0.3) is 0 Å². The number of nitrogens with one attached hydrogen (secondary N) is 1. The SMILES string of the molecule is CCOc1cc(/C=N/Nc2ccccn2)ccc1OCc1ccc([N+](=O)[O-])cc1. The Hall–Kier alpha value is -3.94. The second-order valence-corrected chi connectivity index (χ2v) is 5.94. The van der Waals surface area contributed by atoms with Crippen molar-refractivity contribution in [2.24, 2.45) is 5.10 Å². The Balaban J connectivity index is 1.66. The first kappa shape index (κ1) is 19.8. The first-order valence-electron chi connectivity index (χ1n) is 8.99. The van der Waals surface area contributed by atoms with E-state index in [-0.39, 0.29) is 12.3 Å². The Kier molecular flexibility index (Phi) is 6.72. The molecule has 0 atom stereocenters. The van der Waals surface area contributed by atoms with Crippen LogP contribution in [-0.4, -0.2) is 22.7 Å². The fourth-order valence-corrected chi connectivity index (χ4v) is 2.47. The van der Waals surface area contributed by atoms with Crippen molar-refractivity contribution in [3.8, 4) is 11.5 Å². The summed E-state index contributed by atoms with van der Waals surface area (Å²) in [6.45, 7) is 2.65. The number of nitrogens with zero attached hydrogens (tertiary/aromatic N) is 3. The summed E-state index contributed by atoms with van der Waals surface area (Å²) in [4.78, 5) is 14.4. The molecule has 0 unspecified atom stereocenters. The van der Waals surface area contributed by atoms with Crippen LogP contribution in [0.3, 0.4) is 0 Å². The third-order valence-corrected chi connectivity index (χ3v) is 3.87. The largest absolute Gasteiger partial charge is 0.490 e. The highest BCUT2D eigenvalue weighted by molar-refractivity contribution is 5.81. The molecule has 3 rings (SSSR count). The fourth-order valence-electron chi connectivity index (χ4n) is 2.47. The molecule has 0 fully saturated rings. The second-order valence-electron chi connectivity index (χ2n) is 5.94. The lowest BCUT2D eigenvalue weighted by Crippen LogP contribution is -2.01. The number of aromatic nitrogens is 1. The average molecular weight is 392 g/mol. The number of non-ortho nitro benzene ring substituents is 1. The van der Waals surface area contributed by atoms with Crippen molar-refractivity contribution in [3.63, 3.8) is 0 Å². The molecule has 0 aliphatic carbocycles. The maximum absolute atomic E-state index is 10.7. The van der Waals surface area contributed by atoms with E-state index in [1.165, 1.54) is 12.1 Å². The van der Waals surface area contributed by atoms with Gasteiger partial charge in [-0.3, -0.25) is 15.5 Å². The predicted molar refractivity (Wildman–Crippen MR) is 110 cm³/mol. The molecule has 0 saturated carbocycles. The minimum Gasteiger partial charge on any atom is -0.490 e. The van der Waals surface area contributed by atoms with Gasteiger partial charge in [-0.05, 0) is 60.5 Å². The van der Waals surface area contributed by atoms with Crippen LogP contribution in [0.1, 0.15) is 18.1 Å². The summed E-state index contributed by atoms with van der Waals surface area (Å²) in [6.07, 6.45) is 3.35. The number of benzene rings is 2. The van der Waals surface area contributed by atoms with Crippen LogP contribution >= 0.6 is 0 Å². The second kappa shape index (κ2) is 9.84. The first-order valence-corrected chi connectivity index (χ1v) is 8.99. The van der Waals surface area contributed by atoms with Crippen molar-refractivity contribution in [1.29, 1.82) is 0 Å². The minimum atomic E-state index is -0.430. The van der Waals surface area contributed by atoms with Gasteiger partial charge in [0, 0.05) is 18.3 Å². The molecule has 0 spiro atoms. The summed E-state index contributed by atoms with van der Waals surface area (Å²) in [7, 11) is 0. The van der Waals surface area contributed by atoms with E-state index < -0.39 is 4.92 Å². The minimum absolute atomic E-state index is 0.0479. The van der Waals surface area contributed by atoms with Crippen molar-refractivity contribution < 1.29 is 14.4 Å². The Morgan fingerprint density at radius 2 is 1.93 bits per heavy atom. The van der Waals surface area contributed by atoms with Crippen LogP contribution in [0.15, 0.2) is 72.0 Å². The van der Waals surface area contributed by atoms with Crippen LogP contribution in [0.2, 0.25) is 0 Å². The number of rotatable bonds is 9. The molecule has 8 nitrogen and oxygen atoms in total. The number of nitro benzene ring substituents is 1. The van der Waals surface area contributed by atoms with E-state index in [0.29, 0.717) is 23.9 Å². The number of pyridine rings is 1. The number of ether oxygens (including phenoxy) is 2. The molecule has 0 saturated heterocycles. The van der Waals surface area contributed by atoms with Crippen LogP contribution in [0.4, 0.5) is 11.5 Å². The zero-order chi connectivity index (χ0) is 20.5. The van der Waals surface area contributed by atoms with Gasteiger partial charge in [-0.25, -0.2) is 4.98 Å². The van der Waals surface area contributed by atoms with Gasteiger partial charge in [0.15, 0.2) is 11.5 Å². The Morgan fingerprint density at radius 3 is 2.62 bits per heavy atom. The van der Waals surface area contributed by atoms with Gasteiger partial charge in [0.2, 0.25) is 0 Å². The van der Waals surface area contributed by atoms with Crippen LogP contribution in [-0.2, 0) is 6.61 Å². The normalized spacial score (nSPS) is 10.7. The van der Waals surface area contributed by atoms with Crippen molar-refractivity contribution in [2.75, 3.05) is 12.0 Å². The molecule has 1 heterocycles. The van der Waals surface area contributed by atoms with Crippen molar-refractivity contribution in [2.45, 2.75) is 13.5 Å². The predicted octanol–water partition coefficient (Wildman–Crippen LogP) is 4.41. The fraction of sp³-hybridized carbons (Fsp3) is 0.143. The van der Waals surface area contributed by atoms with Crippen molar-refractivity contribution >= 4 is 17.7 Å². The third-order valence-electron chi connectivity index (χ3n) is 3.87. The molecule has 3 aromatic rings. The number of hydrogen-bond donors (Lipinski definition) is 1. The summed E-state index contributed by atoms with van der Waals surface area (Å²) in [5, 5.41) is 14.9. The summed E-state index contributed by atoms with van der Waals surface area (Å²) in [5.74, 6) is 1.83. The van der Waals surface area contributed by atoms with E-state index in [9.17, 15) is 10.1 Å². The highest BCUT2D eigenvalue weighted by Crippen LogP contribution is 2.29. The lowest BCUT2D eigenvalue weighted by Gasteiger charge is -2.12. The lowest BCUT2D eigenvalue weighted by atomic mass is 10.2. The Labute approximate surface area is 168 Å². The molecular weight excluding hydrogens is 372 g/mol. The smallest absolute Gasteiger partial charge is 0.269 e.